The summed E-state index contributed by atoms with van der Waals surface area (Å²) in [6.07, 6.45) is 1.51. The first-order valence-corrected chi connectivity index (χ1v) is 9.84. The van der Waals surface area contributed by atoms with E-state index in [-0.39, 0.29) is 23.4 Å². The predicted octanol–water partition coefficient (Wildman–Crippen LogP) is 3.53. The monoisotopic (exact) mass is 422 g/mol. The van der Waals surface area contributed by atoms with Crippen LogP contribution >= 0.6 is 11.3 Å². The number of furan rings is 1. The molecule has 0 saturated heterocycles. The molecule has 30 heavy (non-hydrogen) atoms. The van der Waals surface area contributed by atoms with Crippen molar-refractivity contribution in [3.63, 3.8) is 0 Å². The van der Waals surface area contributed by atoms with Gasteiger partial charge >= 0.3 is 5.97 Å². The molecule has 0 fully saturated rings. The lowest BCUT2D eigenvalue weighted by Gasteiger charge is -2.07. The summed E-state index contributed by atoms with van der Waals surface area (Å²) in [7, 11) is 0. The number of ether oxygens (including phenoxy) is 1. The van der Waals surface area contributed by atoms with Crippen LogP contribution in [0.25, 0.3) is 27.5 Å². The molecule has 0 unspecified atom stereocenters. The van der Waals surface area contributed by atoms with Gasteiger partial charge in [-0.15, -0.1) is 11.3 Å². The standard InChI is InChI=1S/C20H14N4O5S/c1-10-9-30-20-21-12(6-16(25)24(10)20)8-28-19(26)13-7-14(15-4-3-5-27-15)22-18-17(13)11(2)23-29-18/h3-7,9H,8H2,1-2H3. The molecule has 0 aliphatic carbocycles. The lowest BCUT2D eigenvalue weighted by molar-refractivity contribution is 0.0470. The molecule has 5 rings (SSSR count). The molecule has 0 atom stereocenters. The minimum atomic E-state index is -0.606. The number of hydrogen-bond donors (Lipinski definition) is 0. The van der Waals surface area contributed by atoms with Gasteiger partial charge in [0.1, 0.15) is 12.3 Å². The van der Waals surface area contributed by atoms with E-state index in [1.54, 1.807) is 25.1 Å². The zero-order valence-electron chi connectivity index (χ0n) is 15.9. The van der Waals surface area contributed by atoms with E-state index in [0.29, 0.717) is 33.2 Å². The van der Waals surface area contributed by atoms with Crippen LogP contribution in [0.2, 0.25) is 0 Å². The summed E-state index contributed by atoms with van der Waals surface area (Å²) in [4.78, 5) is 34.5. The minimum Gasteiger partial charge on any atom is -0.463 e. The number of aromatic nitrogens is 4. The van der Waals surface area contributed by atoms with E-state index in [1.165, 1.54) is 28.1 Å². The molecule has 9 nitrogen and oxygen atoms in total. The summed E-state index contributed by atoms with van der Waals surface area (Å²) < 4.78 is 17.6. The third-order valence-corrected chi connectivity index (χ3v) is 5.53. The van der Waals surface area contributed by atoms with Gasteiger partial charge in [-0.05, 0) is 32.0 Å². The molecule has 0 aliphatic heterocycles. The molecule has 0 bridgehead atoms. The number of nitrogens with zero attached hydrogens (tertiary/aromatic N) is 4. The molecule has 5 aromatic rings. The highest BCUT2D eigenvalue weighted by atomic mass is 32.1. The fraction of sp³-hybridized carbons (Fsp3) is 0.150. The van der Waals surface area contributed by atoms with Crippen molar-refractivity contribution in [2.45, 2.75) is 20.5 Å². The van der Waals surface area contributed by atoms with Gasteiger partial charge in [-0.3, -0.25) is 9.20 Å². The molecule has 5 heterocycles. The lowest BCUT2D eigenvalue weighted by Crippen LogP contribution is -2.16. The quantitative estimate of drug-likeness (QED) is 0.404. The van der Waals surface area contributed by atoms with Gasteiger partial charge in [-0.2, -0.15) is 0 Å². The van der Waals surface area contributed by atoms with Crippen LogP contribution in [0, 0.1) is 13.8 Å². The molecule has 0 spiro atoms. The second kappa shape index (κ2) is 6.92. The Morgan fingerprint density at radius 3 is 2.93 bits per heavy atom. The summed E-state index contributed by atoms with van der Waals surface area (Å²) in [5.74, 6) is -0.126. The topological polar surface area (TPSA) is 113 Å². The third kappa shape index (κ3) is 2.98. The molecule has 150 valence electrons. The van der Waals surface area contributed by atoms with E-state index in [9.17, 15) is 9.59 Å². The molecule has 10 heteroatoms. The Bertz CT molecular complexity index is 1460. The number of hydrogen-bond acceptors (Lipinski definition) is 9. The van der Waals surface area contributed by atoms with Gasteiger partial charge in [0.2, 0.25) is 0 Å². The Morgan fingerprint density at radius 2 is 2.13 bits per heavy atom. The normalized spacial score (nSPS) is 11.4. The SMILES string of the molecule is Cc1noc2nc(-c3ccco3)cc(C(=O)OCc3cc(=O)n4c(C)csc4n3)c12. The predicted molar refractivity (Wildman–Crippen MR) is 107 cm³/mol. The van der Waals surface area contributed by atoms with Gasteiger partial charge in [0, 0.05) is 17.1 Å². The zero-order valence-corrected chi connectivity index (χ0v) is 16.7. The lowest BCUT2D eigenvalue weighted by atomic mass is 10.1. The first-order valence-electron chi connectivity index (χ1n) is 8.96. The highest BCUT2D eigenvalue weighted by Gasteiger charge is 2.21. The van der Waals surface area contributed by atoms with Gasteiger partial charge in [-0.25, -0.2) is 14.8 Å². The van der Waals surface area contributed by atoms with E-state index in [0.717, 1.165) is 5.69 Å². The first-order chi connectivity index (χ1) is 14.5. The van der Waals surface area contributed by atoms with E-state index >= 15 is 0 Å². The summed E-state index contributed by atoms with van der Waals surface area (Å²) in [5, 5.41) is 6.21. The maximum Gasteiger partial charge on any atom is 0.339 e. The summed E-state index contributed by atoms with van der Waals surface area (Å²) in [6, 6.07) is 6.38. The van der Waals surface area contributed by atoms with Crippen molar-refractivity contribution in [1.82, 2.24) is 19.5 Å². The van der Waals surface area contributed by atoms with Crippen molar-refractivity contribution >= 4 is 33.4 Å². The third-order valence-electron chi connectivity index (χ3n) is 4.59. The van der Waals surface area contributed by atoms with Crippen molar-refractivity contribution in [2.75, 3.05) is 0 Å². The molecule has 5 aromatic heterocycles. The second-order valence-corrected chi connectivity index (χ2v) is 7.47. The molecule has 0 N–H and O–H groups in total. The largest absolute Gasteiger partial charge is 0.463 e. The number of pyridine rings is 1. The van der Waals surface area contributed by atoms with E-state index in [1.807, 2.05) is 12.3 Å². The average molecular weight is 422 g/mol. The van der Waals surface area contributed by atoms with Crippen molar-refractivity contribution in [3.05, 3.63) is 68.9 Å². The fourth-order valence-electron chi connectivity index (χ4n) is 3.20. The highest BCUT2D eigenvalue weighted by molar-refractivity contribution is 7.15. The Balaban J connectivity index is 1.49. The van der Waals surface area contributed by atoms with Crippen LogP contribution in [0.5, 0.6) is 0 Å². The Labute approximate surface area is 172 Å². The number of fused-ring (bicyclic) bond motifs is 2. The first kappa shape index (κ1) is 18.3. The molecule has 0 aliphatic rings. The van der Waals surface area contributed by atoms with Crippen LogP contribution < -0.4 is 5.56 Å². The molecule has 0 amide bonds. The van der Waals surface area contributed by atoms with Crippen molar-refractivity contribution in [1.29, 1.82) is 0 Å². The van der Waals surface area contributed by atoms with Gasteiger partial charge in [-0.1, -0.05) is 5.16 Å². The Kier molecular flexibility index (Phi) is 4.21. The summed E-state index contributed by atoms with van der Waals surface area (Å²) >= 11 is 1.35. The molecule has 0 aromatic carbocycles. The van der Waals surface area contributed by atoms with E-state index in [4.69, 9.17) is 13.7 Å². The van der Waals surface area contributed by atoms with Gasteiger partial charge in [0.05, 0.1) is 28.6 Å². The number of rotatable bonds is 4. The van der Waals surface area contributed by atoms with Gasteiger partial charge in [0.25, 0.3) is 11.3 Å². The number of carbonyl (C=O) groups excluding carboxylic acids is 1. The van der Waals surface area contributed by atoms with E-state index < -0.39 is 5.97 Å². The van der Waals surface area contributed by atoms with Crippen LogP contribution in [0.15, 0.2) is 49.6 Å². The van der Waals surface area contributed by atoms with Crippen molar-refractivity contribution < 1.29 is 18.5 Å². The number of thiazole rings is 1. The number of carbonyl (C=O) groups is 1. The maximum atomic E-state index is 12.9. The summed E-state index contributed by atoms with van der Waals surface area (Å²) in [5.41, 5.74) is 2.35. The smallest absolute Gasteiger partial charge is 0.339 e. The zero-order chi connectivity index (χ0) is 20.8. The van der Waals surface area contributed by atoms with Crippen LogP contribution in [0.3, 0.4) is 0 Å². The Morgan fingerprint density at radius 1 is 1.27 bits per heavy atom. The number of esters is 1. The van der Waals surface area contributed by atoms with Crippen LogP contribution in [0.1, 0.15) is 27.4 Å². The molecule has 0 radical (unpaired) electrons. The maximum absolute atomic E-state index is 12.9. The van der Waals surface area contributed by atoms with Gasteiger partial charge < -0.3 is 13.7 Å². The molecular weight excluding hydrogens is 408 g/mol. The van der Waals surface area contributed by atoms with E-state index in [2.05, 4.69) is 15.1 Å². The molecular formula is C20H14N4O5S. The second-order valence-electron chi connectivity index (χ2n) is 6.64. The van der Waals surface area contributed by atoms with Crippen LogP contribution in [-0.2, 0) is 11.3 Å². The fourth-order valence-corrected chi connectivity index (χ4v) is 4.09. The number of aryl methyl sites for hydroxylation is 2. The summed E-state index contributed by atoms with van der Waals surface area (Å²) in [6.45, 7) is 3.40. The van der Waals surface area contributed by atoms with Crippen molar-refractivity contribution in [2.24, 2.45) is 0 Å². The van der Waals surface area contributed by atoms with Crippen molar-refractivity contribution in [3.8, 4) is 11.5 Å². The average Bonchev–Trinajstić information content (AvgIpc) is 3.47. The van der Waals surface area contributed by atoms with Crippen LogP contribution in [0.4, 0.5) is 0 Å². The highest BCUT2D eigenvalue weighted by Crippen LogP contribution is 2.28. The van der Waals surface area contributed by atoms with Gasteiger partial charge in [0.15, 0.2) is 10.7 Å². The Hall–Kier alpha value is -3.79. The minimum absolute atomic E-state index is 0.147. The molecule has 0 saturated carbocycles. The van der Waals surface area contributed by atoms with Crippen LogP contribution in [-0.4, -0.2) is 25.5 Å².